The third-order valence-corrected chi connectivity index (χ3v) is 5.80. The second-order valence-corrected chi connectivity index (χ2v) is 8.10. The molecule has 2 aromatic carbocycles. The predicted octanol–water partition coefficient (Wildman–Crippen LogP) is 4.13. The van der Waals surface area contributed by atoms with Crippen molar-refractivity contribution in [3.05, 3.63) is 86.8 Å². The molecule has 0 saturated carbocycles. The molecule has 1 atom stereocenters. The summed E-state index contributed by atoms with van der Waals surface area (Å²) in [4.78, 5) is 30.1. The minimum absolute atomic E-state index is 0.119. The summed E-state index contributed by atoms with van der Waals surface area (Å²) in [5.41, 5.74) is 4.82. The molecule has 1 aromatic heterocycles. The summed E-state index contributed by atoms with van der Waals surface area (Å²) in [5, 5.41) is 3.47. The molecule has 164 valence electrons. The molecular weight excluding hydrogens is 426 g/mol. The first-order chi connectivity index (χ1) is 15.4. The van der Waals surface area contributed by atoms with Crippen LogP contribution in [0.1, 0.15) is 36.1 Å². The van der Waals surface area contributed by atoms with E-state index in [-0.39, 0.29) is 17.9 Å². The average molecular weight is 450 g/mol. The third-order valence-electron chi connectivity index (χ3n) is 5.55. The molecule has 0 spiro atoms. The largest absolute Gasteiger partial charge is 0.497 e. The van der Waals surface area contributed by atoms with Gasteiger partial charge in [0.2, 0.25) is 5.91 Å². The van der Waals surface area contributed by atoms with Crippen molar-refractivity contribution in [3.63, 3.8) is 0 Å². The number of carbonyl (C=O) groups excluding carboxylic acids is 1. The van der Waals surface area contributed by atoms with Gasteiger partial charge in [-0.3, -0.25) is 14.6 Å². The zero-order valence-corrected chi connectivity index (χ0v) is 18.9. The average Bonchev–Trinajstić information content (AvgIpc) is 2.90. The number of nitrogens with one attached hydrogen (secondary N) is 1. The summed E-state index contributed by atoms with van der Waals surface area (Å²) in [6.45, 7) is 2.40. The predicted molar refractivity (Wildman–Crippen MR) is 127 cm³/mol. The Kier molecular flexibility index (Phi) is 6.15. The Hall–Kier alpha value is -3.38. The van der Waals surface area contributed by atoms with Crippen molar-refractivity contribution in [3.8, 4) is 16.9 Å². The van der Waals surface area contributed by atoms with Crippen LogP contribution < -0.4 is 15.6 Å². The lowest BCUT2D eigenvalue weighted by molar-refractivity contribution is -0.121. The first-order valence-corrected chi connectivity index (χ1v) is 10.8. The third kappa shape index (κ3) is 4.18. The van der Waals surface area contributed by atoms with Gasteiger partial charge in [-0.05, 0) is 48.4 Å². The number of nitrogens with zero attached hydrogens (tertiary/aromatic N) is 2. The number of hydrogen-bond donors (Lipinski definition) is 1. The Morgan fingerprint density at radius 1 is 1.12 bits per heavy atom. The van der Waals surface area contributed by atoms with E-state index in [0.717, 1.165) is 33.5 Å². The molecule has 1 N–H and O–H groups in total. The lowest BCUT2D eigenvalue weighted by Gasteiger charge is -2.16. The van der Waals surface area contributed by atoms with Crippen molar-refractivity contribution in [2.24, 2.45) is 12.0 Å². The Labute approximate surface area is 191 Å². The minimum Gasteiger partial charge on any atom is -0.497 e. The number of aryl methyl sites for hydroxylation is 1. The molecule has 1 amide bonds. The second kappa shape index (κ2) is 9.01. The maximum absolute atomic E-state index is 12.5. The lowest BCUT2D eigenvalue weighted by Crippen LogP contribution is -2.25. The van der Waals surface area contributed by atoms with Gasteiger partial charge in [0, 0.05) is 47.6 Å². The molecule has 0 bridgehead atoms. The Morgan fingerprint density at radius 2 is 1.88 bits per heavy atom. The number of benzene rings is 2. The number of carbonyl (C=O) groups is 1. The summed E-state index contributed by atoms with van der Waals surface area (Å²) >= 11 is 6.12. The normalized spacial score (nSPS) is 14.6. The minimum atomic E-state index is -0.519. The number of rotatable bonds is 5. The molecule has 2 heterocycles. The number of pyridine rings is 1. The fraction of sp³-hybridized carbons (Fsp3) is 0.240. The van der Waals surface area contributed by atoms with Gasteiger partial charge < -0.3 is 14.6 Å². The summed E-state index contributed by atoms with van der Waals surface area (Å²) in [7, 11) is 3.34. The number of ether oxygens (including phenoxy) is 1. The van der Waals surface area contributed by atoms with Gasteiger partial charge in [0.15, 0.2) is 0 Å². The van der Waals surface area contributed by atoms with Crippen LogP contribution in [0.2, 0.25) is 5.02 Å². The molecule has 0 fully saturated rings. The monoisotopic (exact) mass is 449 g/mol. The van der Waals surface area contributed by atoms with Crippen molar-refractivity contribution in [1.29, 1.82) is 0 Å². The van der Waals surface area contributed by atoms with Crippen LogP contribution in [0.4, 0.5) is 0 Å². The molecule has 0 saturated heterocycles. The zero-order chi connectivity index (χ0) is 22.8. The molecule has 7 heteroatoms. The van der Waals surface area contributed by atoms with Gasteiger partial charge in [-0.1, -0.05) is 23.7 Å². The van der Waals surface area contributed by atoms with Crippen molar-refractivity contribution in [1.82, 2.24) is 9.88 Å². The van der Waals surface area contributed by atoms with E-state index >= 15 is 0 Å². The van der Waals surface area contributed by atoms with E-state index < -0.39 is 6.04 Å². The van der Waals surface area contributed by atoms with Crippen molar-refractivity contribution in [2.45, 2.75) is 19.4 Å². The Morgan fingerprint density at radius 3 is 2.56 bits per heavy atom. The van der Waals surface area contributed by atoms with Gasteiger partial charge in [-0.2, -0.15) is 0 Å². The van der Waals surface area contributed by atoms with Crippen LogP contribution in [0, 0.1) is 0 Å². The molecule has 0 unspecified atom stereocenters. The van der Waals surface area contributed by atoms with Crippen LogP contribution in [-0.2, 0) is 11.8 Å². The highest BCUT2D eigenvalue weighted by atomic mass is 35.5. The molecule has 3 aromatic rings. The summed E-state index contributed by atoms with van der Waals surface area (Å²) in [5.74, 6) is 0.575. The summed E-state index contributed by atoms with van der Waals surface area (Å²) in [6, 6.07) is 14.3. The molecule has 1 aliphatic heterocycles. The van der Waals surface area contributed by atoms with Crippen LogP contribution >= 0.6 is 11.6 Å². The second-order valence-electron chi connectivity index (χ2n) is 7.66. The quantitative estimate of drug-likeness (QED) is 0.636. The number of amides is 1. The van der Waals surface area contributed by atoms with Crippen LogP contribution in [0.3, 0.4) is 0 Å². The summed E-state index contributed by atoms with van der Waals surface area (Å²) in [6.07, 6.45) is 1.95. The van der Waals surface area contributed by atoms with Crippen molar-refractivity contribution >= 4 is 23.2 Å². The number of fused-ring (bicyclic) bond motifs is 3. The smallest absolute Gasteiger partial charge is 0.250 e. The van der Waals surface area contributed by atoms with E-state index in [0.29, 0.717) is 17.3 Å². The van der Waals surface area contributed by atoms with E-state index in [9.17, 15) is 9.59 Å². The van der Waals surface area contributed by atoms with Gasteiger partial charge >= 0.3 is 0 Å². The number of halogens is 1. The first-order valence-electron chi connectivity index (χ1n) is 10.4. The lowest BCUT2D eigenvalue weighted by atomic mass is 9.91. The summed E-state index contributed by atoms with van der Waals surface area (Å²) < 4.78 is 7.03. The standard InChI is InChI=1S/C25H24ClN3O3/c1-4-27-23(30)13-22-19-12-24(31)29(2)14-21(19)18-10-9-17(32-3)11-20(18)25(28-22)15-5-7-16(26)8-6-15/h5-12,14,22H,4,13H2,1-3H3,(H,27,30)/t22-/m0/s1. The van der Waals surface area contributed by atoms with Gasteiger partial charge in [0.25, 0.3) is 5.56 Å². The van der Waals surface area contributed by atoms with Crippen molar-refractivity contribution < 1.29 is 9.53 Å². The number of hydrogen-bond acceptors (Lipinski definition) is 4. The fourth-order valence-corrected chi connectivity index (χ4v) is 4.09. The van der Waals surface area contributed by atoms with Crippen LogP contribution in [0.15, 0.2) is 64.5 Å². The molecule has 0 aliphatic carbocycles. The van der Waals surface area contributed by atoms with Gasteiger partial charge in [0.05, 0.1) is 25.3 Å². The first kappa shape index (κ1) is 21.8. The number of methoxy groups -OCH3 is 1. The van der Waals surface area contributed by atoms with E-state index in [1.54, 1.807) is 24.8 Å². The van der Waals surface area contributed by atoms with E-state index in [1.807, 2.05) is 55.6 Å². The highest BCUT2D eigenvalue weighted by Crippen LogP contribution is 2.39. The SMILES string of the molecule is CCNC(=O)C[C@@H]1N=C(c2ccc(Cl)cc2)c2cc(OC)ccc2-c2cn(C)c(=O)cc21. The molecule has 6 nitrogen and oxygen atoms in total. The highest BCUT2D eigenvalue weighted by Gasteiger charge is 2.27. The van der Waals surface area contributed by atoms with Gasteiger partial charge in [-0.15, -0.1) is 0 Å². The van der Waals surface area contributed by atoms with Gasteiger partial charge in [0.1, 0.15) is 5.75 Å². The van der Waals surface area contributed by atoms with E-state index in [4.69, 9.17) is 21.3 Å². The fourth-order valence-electron chi connectivity index (χ4n) is 3.96. The van der Waals surface area contributed by atoms with Crippen LogP contribution in [0.5, 0.6) is 5.75 Å². The Balaban J connectivity index is 2.02. The van der Waals surface area contributed by atoms with Crippen molar-refractivity contribution in [2.75, 3.05) is 13.7 Å². The highest BCUT2D eigenvalue weighted by molar-refractivity contribution is 6.30. The number of aliphatic imine (C=N–C) groups is 1. The maximum atomic E-state index is 12.5. The number of aromatic nitrogens is 1. The molecule has 1 aliphatic rings. The topological polar surface area (TPSA) is 72.7 Å². The zero-order valence-electron chi connectivity index (χ0n) is 18.2. The van der Waals surface area contributed by atoms with Crippen LogP contribution in [-0.4, -0.2) is 29.8 Å². The molecule has 0 radical (unpaired) electrons. The maximum Gasteiger partial charge on any atom is 0.250 e. The molecule has 4 rings (SSSR count). The molecule has 32 heavy (non-hydrogen) atoms. The Bertz CT molecular complexity index is 1260. The molecular formula is C25H24ClN3O3. The van der Waals surface area contributed by atoms with Crippen LogP contribution in [0.25, 0.3) is 11.1 Å². The van der Waals surface area contributed by atoms with E-state index in [1.165, 1.54) is 0 Å². The van der Waals surface area contributed by atoms with E-state index in [2.05, 4.69) is 5.32 Å². The van der Waals surface area contributed by atoms with Gasteiger partial charge in [-0.25, -0.2) is 0 Å².